The standard InChI is InChI=1S/C15H20N4O/c1-20-12-14-9-18(8-13-2-4-16-5-3-13)11-15-17-6-7-19(15)10-14/h2-7,14H,8-12H2,1H3/t14-/m1/s1. The van der Waals surface area contributed by atoms with Crippen molar-refractivity contribution < 1.29 is 4.74 Å². The van der Waals surface area contributed by atoms with E-state index in [0.717, 1.165) is 38.6 Å². The second kappa shape index (κ2) is 6.15. The minimum Gasteiger partial charge on any atom is -0.384 e. The first-order valence-corrected chi connectivity index (χ1v) is 6.95. The average molecular weight is 272 g/mol. The summed E-state index contributed by atoms with van der Waals surface area (Å²) in [5, 5.41) is 0. The number of hydrogen-bond donors (Lipinski definition) is 0. The van der Waals surface area contributed by atoms with Crippen LogP contribution in [0, 0.1) is 5.92 Å². The van der Waals surface area contributed by atoms with Crippen LogP contribution >= 0.6 is 0 Å². The second-order valence-corrected chi connectivity index (χ2v) is 5.34. The fourth-order valence-corrected chi connectivity index (χ4v) is 2.83. The molecule has 0 N–H and O–H groups in total. The smallest absolute Gasteiger partial charge is 0.122 e. The van der Waals surface area contributed by atoms with E-state index >= 15 is 0 Å². The molecule has 3 rings (SSSR count). The normalized spacial score (nSPS) is 19.6. The molecule has 1 atom stereocenters. The average Bonchev–Trinajstić information content (AvgIpc) is 2.81. The van der Waals surface area contributed by atoms with Gasteiger partial charge in [0.15, 0.2) is 0 Å². The number of aromatic nitrogens is 3. The molecule has 0 spiro atoms. The Morgan fingerprint density at radius 1 is 1.25 bits per heavy atom. The molecule has 20 heavy (non-hydrogen) atoms. The van der Waals surface area contributed by atoms with Gasteiger partial charge in [-0.3, -0.25) is 9.88 Å². The van der Waals surface area contributed by atoms with E-state index in [2.05, 4.69) is 37.8 Å². The molecule has 0 amide bonds. The minimum absolute atomic E-state index is 0.497. The minimum atomic E-state index is 0.497. The van der Waals surface area contributed by atoms with E-state index in [-0.39, 0.29) is 0 Å². The van der Waals surface area contributed by atoms with Crippen LogP contribution in [-0.4, -0.2) is 39.7 Å². The summed E-state index contributed by atoms with van der Waals surface area (Å²) in [4.78, 5) is 11.0. The highest BCUT2D eigenvalue weighted by molar-refractivity contribution is 5.10. The van der Waals surface area contributed by atoms with Gasteiger partial charge in [-0.25, -0.2) is 4.98 Å². The van der Waals surface area contributed by atoms with Crippen molar-refractivity contribution in [3.05, 3.63) is 48.3 Å². The van der Waals surface area contributed by atoms with Crippen molar-refractivity contribution in [2.45, 2.75) is 19.6 Å². The Hall–Kier alpha value is -1.72. The SMILES string of the molecule is COC[C@@H]1CN(Cc2ccncc2)Cc2nccn2C1. The van der Waals surface area contributed by atoms with Gasteiger partial charge in [-0.15, -0.1) is 0 Å². The number of methoxy groups -OCH3 is 1. The Bertz CT molecular complexity index is 540. The van der Waals surface area contributed by atoms with E-state index in [4.69, 9.17) is 4.74 Å². The lowest BCUT2D eigenvalue weighted by molar-refractivity contribution is 0.115. The predicted octanol–water partition coefficient (Wildman–Crippen LogP) is 1.56. The molecule has 1 aliphatic heterocycles. The summed E-state index contributed by atoms with van der Waals surface area (Å²) in [7, 11) is 1.77. The number of fused-ring (bicyclic) bond motifs is 1. The topological polar surface area (TPSA) is 43.2 Å². The maximum absolute atomic E-state index is 5.36. The Morgan fingerprint density at radius 3 is 2.90 bits per heavy atom. The molecule has 0 aliphatic carbocycles. The Kier molecular flexibility index (Phi) is 4.08. The third-order valence-electron chi connectivity index (χ3n) is 3.70. The van der Waals surface area contributed by atoms with Gasteiger partial charge in [-0.1, -0.05) is 0 Å². The monoisotopic (exact) mass is 272 g/mol. The third kappa shape index (κ3) is 3.05. The summed E-state index contributed by atoms with van der Waals surface area (Å²) in [5.74, 6) is 1.63. The maximum Gasteiger partial charge on any atom is 0.122 e. The molecule has 106 valence electrons. The summed E-state index contributed by atoms with van der Waals surface area (Å²) in [6.07, 6.45) is 7.64. The zero-order chi connectivity index (χ0) is 13.8. The Labute approximate surface area is 119 Å². The van der Waals surface area contributed by atoms with Crippen molar-refractivity contribution in [2.75, 3.05) is 20.3 Å². The van der Waals surface area contributed by atoms with Gasteiger partial charge in [0.2, 0.25) is 0 Å². The third-order valence-corrected chi connectivity index (χ3v) is 3.70. The van der Waals surface area contributed by atoms with E-state index in [0.29, 0.717) is 5.92 Å². The summed E-state index contributed by atoms with van der Waals surface area (Å²) in [6.45, 7) is 4.60. The lowest BCUT2D eigenvalue weighted by Crippen LogP contribution is -2.29. The first kappa shape index (κ1) is 13.3. The molecule has 1 aliphatic rings. The van der Waals surface area contributed by atoms with E-state index in [1.54, 1.807) is 7.11 Å². The quantitative estimate of drug-likeness (QED) is 0.847. The van der Waals surface area contributed by atoms with Crippen molar-refractivity contribution in [1.29, 1.82) is 0 Å². The van der Waals surface area contributed by atoms with Crippen LogP contribution in [0.5, 0.6) is 0 Å². The number of imidazole rings is 1. The Balaban J connectivity index is 1.76. The maximum atomic E-state index is 5.36. The van der Waals surface area contributed by atoms with Crippen LogP contribution in [0.3, 0.4) is 0 Å². The van der Waals surface area contributed by atoms with Gasteiger partial charge in [0.05, 0.1) is 13.2 Å². The van der Waals surface area contributed by atoms with E-state index in [9.17, 15) is 0 Å². The van der Waals surface area contributed by atoms with Gasteiger partial charge in [0.1, 0.15) is 5.82 Å². The first-order valence-electron chi connectivity index (χ1n) is 6.95. The number of hydrogen-bond acceptors (Lipinski definition) is 4. The number of nitrogens with zero attached hydrogens (tertiary/aromatic N) is 4. The largest absolute Gasteiger partial charge is 0.384 e. The zero-order valence-corrected chi connectivity index (χ0v) is 11.8. The summed E-state index contributed by atoms with van der Waals surface area (Å²) < 4.78 is 7.60. The van der Waals surface area contributed by atoms with Crippen molar-refractivity contribution in [2.24, 2.45) is 5.92 Å². The van der Waals surface area contributed by atoms with E-state index in [1.165, 1.54) is 5.56 Å². The molecule has 3 heterocycles. The van der Waals surface area contributed by atoms with Gasteiger partial charge >= 0.3 is 0 Å². The van der Waals surface area contributed by atoms with Gasteiger partial charge in [-0.2, -0.15) is 0 Å². The lowest BCUT2D eigenvalue weighted by atomic mass is 10.1. The molecule has 0 aromatic carbocycles. The van der Waals surface area contributed by atoms with Crippen LogP contribution in [0.2, 0.25) is 0 Å². The molecule has 0 radical (unpaired) electrons. The zero-order valence-electron chi connectivity index (χ0n) is 11.8. The second-order valence-electron chi connectivity index (χ2n) is 5.34. The lowest BCUT2D eigenvalue weighted by Gasteiger charge is -2.23. The van der Waals surface area contributed by atoms with Crippen LogP contribution < -0.4 is 0 Å². The highest BCUT2D eigenvalue weighted by atomic mass is 16.5. The molecule has 2 aromatic heterocycles. The number of pyridine rings is 1. The van der Waals surface area contributed by atoms with Crippen molar-refractivity contribution in [3.63, 3.8) is 0 Å². The van der Waals surface area contributed by atoms with Gasteiger partial charge in [0, 0.05) is 57.4 Å². The van der Waals surface area contributed by atoms with E-state index < -0.39 is 0 Å². The summed E-state index contributed by atoms with van der Waals surface area (Å²) >= 11 is 0. The van der Waals surface area contributed by atoms with Crippen LogP contribution in [0.15, 0.2) is 36.9 Å². The summed E-state index contributed by atoms with van der Waals surface area (Å²) in [6, 6.07) is 4.14. The molecule has 0 fully saturated rings. The Morgan fingerprint density at radius 2 is 2.10 bits per heavy atom. The molecule has 0 saturated carbocycles. The molecule has 0 bridgehead atoms. The number of ether oxygens (including phenoxy) is 1. The molecular formula is C15H20N4O. The van der Waals surface area contributed by atoms with Gasteiger partial charge < -0.3 is 9.30 Å². The van der Waals surface area contributed by atoms with E-state index in [1.807, 2.05) is 18.6 Å². The highest BCUT2D eigenvalue weighted by Crippen LogP contribution is 2.17. The molecule has 2 aromatic rings. The first-order chi connectivity index (χ1) is 9.85. The van der Waals surface area contributed by atoms with Gasteiger partial charge in [-0.05, 0) is 17.7 Å². The van der Waals surface area contributed by atoms with Gasteiger partial charge in [0.25, 0.3) is 0 Å². The highest BCUT2D eigenvalue weighted by Gasteiger charge is 2.22. The molecule has 0 saturated heterocycles. The summed E-state index contributed by atoms with van der Waals surface area (Å²) in [5.41, 5.74) is 1.29. The molecule has 0 unspecified atom stereocenters. The van der Waals surface area contributed by atoms with Crippen molar-refractivity contribution >= 4 is 0 Å². The fraction of sp³-hybridized carbons (Fsp3) is 0.467. The van der Waals surface area contributed by atoms with Crippen LogP contribution in [-0.2, 0) is 24.4 Å². The van der Waals surface area contributed by atoms with Crippen molar-refractivity contribution in [1.82, 2.24) is 19.4 Å². The van der Waals surface area contributed by atoms with Crippen LogP contribution in [0.25, 0.3) is 0 Å². The fourth-order valence-electron chi connectivity index (χ4n) is 2.83. The molecule has 5 heteroatoms. The van der Waals surface area contributed by atoms with Crippen LogP contribution in [0.4, 0.5) is 0 Å². The number of rotatable bonds is 4. The molecular weight excluding hydrogens is 252 g/mol. The van der Waals surface area contributed by atoms with Crippen molar-refractivity contribution in [3.8, 4) is 0 Å². The molecule has 5 nitrogen and oxygen atoms in total. The van der Waals surface area contributed by atoms with Crippen LogP contribution in [0.1, 0.15) is 11.4 Å². The predicted molar refractivity (Wildman–Crippen MR) is 75.9 cm³/mol.